The molecule has 1 rings (SSSR count). The van der Waals surface area contributed by atoms with Crippen LogP contribution in [0.4, 0.5) is 0 Å². The number of nitriles is 1. The largest absolute Gasteiger partial charge is 0.524 e. The second-order valence-electron chi connectivity index (χ2n) is 1.96. The molecule has 0 fully saturated rings. The minimum Gasteiger partial charge on any atom is -0.524 e. The molecular weight excluding hydrogens is 197 g/mol. The first kappa shape index (κ1) is 11.0. The van der Waals surface area contributed by atoms with E-state index in [9.17, 15) is 0 Å². The van der Waals surface area contributed by atoms with Crippen molar-refractivity contribution < 1.29 is 21.5 Å². The number of nitrogens with zero attached hydrogens (tertiary/aromatic N) is 1. The van der Waals surface area contributed by atoms with Gasteiger partial charge in [0.1, 0.15) is 11.8 Å². The van der Waals surface area contributed by atoms with Crippen molar-refractivity contribution in [2.75, 3.05) is 6.61 Å². The maximum atomic E-state index is 8.59. The van der Waals surface area contributed by atoms with Crippen molar-refractivity contribution in [3.05, 3.63) is 36.8 Å². The smallest absolute Gasteiger partial charge is 0.133 e. The molecule has 12 heavy (non-hydrogen) atoms. The Labute approximate surface area is 82.4 Å². The predicted octanol–water partition coefficient (Wildman–Crippen LogP) is 1.77. The van der Waals surface area contributed by atoms with E-state index in [4.69, 9.17) is 10.00 Å². The normalized spacial score (nSPS) is 8.00. The summed E-state index contributed by atoms with van der Waals surface area (Å²) in [5.41, 5.74) is 0.552. The fourth-order valence-electron chi connectivity index (χ4n) is 0.795. The second-order valence-corrected chi connectivity index (χ2v) is 1.96. The fourth-order valence-corrected chi connectivity index (χ4v) is 0.795. The summed E-state index contributed by atoms with van der Waals surface area (Å²) in [6.07, 6.45) is 0. The zero-order chi connectivity index (χ0) is 8.10. The molecule has 0 bridgehead atoms. The van der Waals surface area contributed by atoms with Crippen LogP contribution in [0.15, 0.2) is 24.3 Å². The van der Waals surface area contributed by atoms with Gasteiger partial charge >= 0.3 is 0 Å². The third-order valence-corrected chi connectivity index (χ3v) is 1.27. The Morgan fingerprint density at radius 3 is 2.67 bits per heavy atom. The summed E-state index contributed by atoms with van der Waals surface area (Å²) in [6, 6.07) is 9.12. The van der Waals surface area contributed by atoms with Gasteiger partial charge in [-0.25, -0.2) is 0 Å². The maximum Gasteiger partial charge on any atom is 0.133 e. The van der Waals surface area contributed by atoms with Crippen molar-refractivity contribution in [2.45, 2.75) is 0 Å². The number of hydrogen-bond acceptors (Lipinski definition) is 2. The first-order chi connectivity index (χ1) is 5.38. The van der Waals surface area contributed by atoms with Gasteiger partial charge in [-0.15, -0.1) is 0 Å². The zero-order valence-electron chi connectivity index (χ0n) is 6.41. The zero-order valence-corrected chi connectivity index (χ0v) is 7.45. The number of hydrogen-bond donors (Lipinski definition) is 0. The van der Waals surface area contributed by atoms with E-state index < -0.39 is 0 Å². The fraction of sp³-hybridized carbons (Fsp3) is 0.111. The van der Waals surface area contributed by atoms with Gasteiger partial charge in [0.15, 0.2) is 0 Å². The van der Waals surface area contributed by atoms with Gasteiger partial charge in [0.2, 0.25) is 0 Å². The minimum atomic E-state index is 0. The van der Waals surface area contributed by atoms with E-state index in [-0.39, 0.29) is 16.8 Å². The molecule has 1 radical (unpaired) electrons. The van der Waals surface area contributed by atoms with E-state index in [1.54, 1.807) is 18.2 Å². The summed E-state index contributed by atoms with van der Waals surface area (Å²) in [5.74, 6) is 0.602. The molecule has 0 saturated carbocycles. The van der Waals surface area contributed by atoms with Crippen LogP contribution < -0.4 is 4.74 Å². The van der Waals surface area contributed by atoms with E-state index in [1.807, 2.05) is 12.1 Å². The van der Waals surface area contributed by atoms with E-state index >= 15 is 0 Å². The van der Waals surface area contributed by atoms with E-state index in [1.165, 1.54) is 0 Å². The van der Waals surface area contributed by atoms with Gasteiger partial charge < -0.3 is 11.7 Å². The van der Waals surface area contributed by atoms with Crippen molar-refractivity contribution in [3.8, 4) is 11.8 Å². The third kappa shape index (κ3) is 2.57. The van der Waals surface area contributed by atoms with Crippen molar-refractivity contribution in [1.29, 1.82) is 5.26 Å². The van der Waals surface area contributed by atoms with Crippen LogP contribution >= 0.6 is 0 Å². The Morgan fingerprint density at radius 2 is 2.08 bits per heavy atom. The van der Waals surface area contributed by atoms with Crippen LogP contribution in [0.2, 0.25) is 0 Å². The minimum absolute atomic E-state index is 0. The number of para-hydroxylation sites is 1. The monoisotopic (exact) mass is 205 g/mol. The molecule has 0 atom stereocenters. The molecule has 0 aromatic heterocycles. The average molecular weight is 205 g/mol. The van der Waals surface area contributed by atoms with Gasteiger partial charge in [-0.3, -0.25) is 0 Å². The van der Waals surface area contributed by atoms with Gasteiger partial charge in [-0.05, 0) is 18.7 Å². The molecule has 65 valence electrons. The molecule has 0 unspecified atom stereocenters. The van der Waals surface area contributed by atoms with Crippen LogP contribution in [0.3, 0.4) is 0 Å². The summed E-state index contributed by atoms with van der Waals surface area (Å²) < 4.78 is 5.09. The third-order valence-electron chi connectivity index (χ3n) is 1.27. The van der Waals surface area contributed by atoms with E-state index in [0.29, 0.717) is 17.9 Å². The Morgan fingerprint density at radius 1 is 1.42 bits per heavy atom. The number of ether oxygens (including phenoxy) is 1. The summed E-state index contributed by atoms with van der Waals surface area (Å²) in [6.45, 7) is 3.87. The summed E-state index contributed by atoms with van der Waals surface area (Å²) in [5, 5.41) is 8.59. The van der Waals surface area contributed by atoms with Crippen LogP contribution in [-0.2, 0) is 16.8 Å². The van der Waals surface area contributed by atoms with Crippen molar-refractivity contribution in [3.63, 3.8) is 0 Å². The Balaban J connectivity index is 0.00000121. The first-order valence-electron chi connectivity index (χ1n) is 3.29. The molecule has 0 spiro atoms. The van der Waals surface area contributed by atoms with Crippen LogP contribution in [0.25, 0.3) is 0 Å². The van der Waals surface area contributed by atoms with Crippen LogP contribution in [0.1, 0.15) is 5.56 Å². The molecule has 2 nitrogen and oxygen atoms in total. The SMILES string of the molecule is [CH2-]COc1ccccc1C#N.[Co]. The molecule has 0 saturated heterocycles. The van der Waals surface area contributed by atoms with Gasteiger partial charge in [-0.1, -0.05) is 12.1 Å². The van der Waals surface area contributed by atoms with Crippen molar-refractivity contribution in [1.82, 2.24) is 0 Å². The molecule has 3 heteroatoms. The molecular formula is C9H8CoNO-. The molecule has 0 aliphatic carbocycles. The topological polar surface area (TPSA) is 33.0 Å². The Hall–Kier alpha value is -0.984. The van der Waals surface area contributed by atoms with E-state index in [0.717, 1.165) is 0 Å². The summed E-state index contributed by atoms with van der Waals surface area (Å²) in [4.78, 5) is 0. The quantitative estimate of drug-likeness (QED) is 0.689. The molecule has 0 amide bonds. The van der Waals surface area contributed by atoms with Crippen molar-refractivity contribution >= 4 is 0 Å². The van der Waals surface area contributed by atoms with Crippen molar-refractivity contribution in [2.24, 2.45) is 0 Å². The predicted molar refractivity (Wildman–Crippen MR) is 42.0 cm³/mol. The average Bonchev–Trinajstić information content (AvgIpc) is 2.06. The molecule has 0 aliphatic rings. The van der Waals surface area contributed by atoms with Gasteiger partial charge in [0.05, 0.1) is 5.56 Å². The summed E-state index contributed by atoms with van der Waals surface area (Å²) >= 11 is 0. The standard InChI is InChI=1S/C9H8NO.Co/c1-2-11-9-6-4-3-5-8(9)7-10;/h3-6H,1-2H2;/q-1;. The summed E-state index contributed by atoms with van der Waals surface area (Å²) in [7, 11) is 0. The van der Waals surface area contributed by atoms with Crippen LogP contribution in [-0.4, -0.2) is 6.61 Å². The van der Waals surface area contributed by atoms with Gasteiger partial charge in [0, 0.05) is 16.8 Å². The Kier molecular flexibility index (Phi) is 5.18. The number of benzene rings is 1. The van der Waals surface area contributed by atoms with Crippen LogP contribution in [0.5, 0.6) is 5.75 Å². The maximum absolute atomic E-state index is 8.59. The molecule has 1 aromatic carbocycles. The first-order valence-corrected chi connectivity index (χ1v) is 3.29. The molecule has 0 aliphatic heterocycles. The second kappa shape index (κ2) is 5.64. The number of rotatable bonds is 2. The molecule has 1 aromatic rings. The molecule has 0 heterocycles. The molecule has 0 N–H and O–H groups in total. The van der Waals surface area contributed by atoms with Gasteiger partial charge in [-0.2, -0.15) is 5.26 Å². The Bertz CT molecular complexity index is 280. The van der Waals surface area contributed by atoms with E-state index in [2.05, 4.69) is 6.92 Å². The van der Waals surface area contributed by atoms with Crippen LogP contribution in [0, 0.1) is 18.3 Å². The van der Waals surface area contributed by atoms with Gasteiger partial charge in [0.25, 0.3) is 0 Å².